The third kappa shape index (κ3) is 6.57. The highest BCUT2D eigenvalue weighted by molar-refractivity contribution is 5.77. The standard InChI is InChI=1S/C16H25NO3/c1-13-6-4-7-14(10-13)20-11-15(19)17-9-5-8-16(2,3)12-18/h4,6-7,10,18H,5,8-9,11-12H2,1-3H3,(H,17,19). The van der Waals surface area contributed by atoms with Gasteiger partial charge in [0.05, 0.1) is 0 Å². The third-order valence-corrected chi connectivity index (χ3v) is 3.14. The van der Waals surface area contributed by atoms with E-state index in [1.165, 1.54) is 0 Å². The average molecular weight is 279 g/mol. The maximum absolute atomic E-state index is 11.6. The summed E-state index contributed by atoms with van der Waals surface area (Å²) < 4.78 is 5.42. The molecule has 0 heterocycles. The molecule has 1 amide bonds. The molecule has 0 atom stereocenters. The highest BCUT2D eigenvalue weighted by Gasteiger charge is 2.15. The van der Waals surface area contributed by atoms with E-state index in [4.69, 9.17) is 9.84 Å². The van der Waals surface area contributed by atoms with Crippen molar-refractivity contribution in [1.29, 1.82) is 0 Å². The molecule has 0 aliphatic carbocycles. The molecule has 0 saturated heterocycles. The van der Waals surface area contributed by atoms with Crippen LogP contribution in [0.15, 0.2) is 24.3 Å². The average Bonchev–Trinajstić information content (AvgIpc) is 2.41. The van der Waals surface area contributed by atoms with Crippen LogP contribution in [0.1, 0.15) is 32.3 Å². The number of carbonyl (C=O) groups excluding carboxylic acids is 1. The lowest BCUT2D eigenvalue weighted by atomic mass is 9.89. The van der Waals surface area contributed by atoms with Crippen LogP contribution in [-0.4, -0.2) is 30.8 Å². The van der Waals surface area contributed by atoms with Crippen LogP contribution in [0.5, 0.6) is 5.75 Å². The lowest BCUT2D eigenvalue weighted by Crippen LogP contribution is -2.30. The van der Waals surface area contributed by atoms with E-state index in [0.717, 1.165) is 18.4 Å². The van der Waals surface area contributed by atoms with Crippen LogP contribution in [0, 0.1) is 12.3 Å². The molecule has 1 rings (SSSR count). The van der Waals surface area contributed by atoms with Crippen LogP contribution in [0.3, 0.4) is 0 Å². The van der Waals surface area contributed by atoms with Gasteiger partial charge in [-0.2, -0.15) is 0 Å². The molecule has 1 aromatic carbocycles. The summed E-state index contributed by atoms with van der Waals surface area (Å²) in [6.45, 7) is 6.81. The van der Waals surface area contributed by atoms with Crippen LogP contribution in [-0.2, 0) is 4.79 Å². The lowest BCUT2D eigenvalue weighted by molar-refractivity contribution is -0.123. The Morgan fingerprint density at radius 3 is 2.80 bits per heavy atom. The summed E-state index contributed by atoms with van der Waals surface area (Å²) in [5.41, 5.74) is 1.03. The molecule has 112 valence electrons. The van der Waals surface area contributed by atoms with E-state index in [1.54, 1.807) is 0 Å². The second kappa shape index (κ2) is 7.90. The molecule has 0 saturated carbocycles. The maximum Gasteiger partial charge on any atom is 0.257 e. The number of hydrogen-bond acceptors (Lipinski definition) is 3. The van der Waals surface area contributed by atoms with Crippen molar-refractivity contribution in [3.05, 3.63) is 29.8 Å². The van der Waals surface area contributed by atoms with Gasteiger partial charge in [-0.1, -0.05) is 26.0 Å². The van der Waals surface area contributed by atoms with Gasteiger partial charge in [0.2, 0.25) is 0 Å². The van der Waals surface area contributed by atoms with Crippen LogP contribution < -0.4 is 10.1 Å². The number of aliphatic hydroxyl groups is 1. The zero-order chi connectivity index (χ0) is 15.0. The predicted octanol–water partition coefficient (Wildman–Crippen LogP) is 2.29. The number of amides is 1. The lowest BCUT2D eigenvalue weighted by Gasteiger charge is -2.21. The van der Waals surface area contributed by atoms with Crippen molar-refractivity contribution in [2.24, 2.45) is 5.41 Å². The topological polar surface area (TPSA) is 58.6 Å². The van der Waals surface area contributed by atoms with E-state index in [2.05, 4.69) is 5.32 Å². The smallest absolute Gasteiger partial charge is 0.257 e. The van der Waals surface area contributed by atoms with E-state index in [-0.39, 0.29) is 24.5 Å². The minimum atomic E-state index is -0.117. The summed E-state index contributed by atoms with van der Waals surface area (Å²) in [5.74, 6) is 0.592. The Kier molecular flexibility index (Phi) is 6.52. The Bertz CT molecular complexity index is 429. The first-order valence-electron chi connectivity index (χ1n) is 7.00. The molecule has 0 bridgehead atoms. The monoisotopic (exact) mass is 279 g/mol. The molecule has 0 aliphatic heterocycles. The molecule has 0 spiro atoms. The highest BCUT2D eigenvalue weighted by atomic mass is 16.5. The minimum absolute atomic E-state index is 0.0346. The molecule has 4 heteroatoms. The van der Waals surface area contributed by atoms with Gasteiger partial charge in [-0.25, -0.2) is 0 Å². The summed E-state index contributed by atoms with van der Waals surface area (Å²) in [5, 5.41) is 11.9. The third-order valence-electron chi connectivity index (χ3n) is 3.14. The highest BCUT2D eigenvalue weighted by Crippen LogP contribution is 2.20. The van der Waals surface area contributed by atoms with Gasteiger partial charge in [-0.15, -0.1) is 0 Å². The summed E-state index contributed by atoms with van der Waals surface area (Å²) in [4.78, 5) is 11.6. The molecule has 4 nitrogen and oxygen atoms in total. The Morgan fingerprint density at radius 2 is 2.15 bits per heavy atom. The van der Waals surface area contributed by atoms with Crippen LogP contribution >= 0.6 is 0 Å². The van der Waals surface area contributed by atoms with Gasteiger partial charge in [-0.05, 0) is 42.9 Å². The fourth-order valence-electron chi connectivity index (χ4n) is 1.78. The van der Waals surface area contributed by atoms with Gasteiger partial charge in [0.25, 0.3) is 5.91 Å². The molecular formula is C16H25NO3. The fourth-order valence-corrected chi connectivity index (χ4v) is 1.78. The number of carbonyl (C=O) groups is 1. The largest absolute Gasteiger partial charge is 0.484 e. The van der Waals surface area contributed by atoms with Crippen molar-refractivity contribution in [2.75, 3.05) is 19.8 Å². The normalized spacial score (nSPS) is 11.2. The van der Waals surface area contributed by atoms with Gasteiger partial charge in [0, 0.05) is 13.2 Å². The molecule has 0 unspecified atom stereocenters. The summed E-state index contributed by atoms with van der Waals surface area (Å²) in [7, 11) is 0. The number of rotatable bonds is 8. The van der Waals surface area contributed by atoms with E-state index in [1.807, 2.05) is 45.0 Å². The Morgan fingerprint density at radius 1 is 1.40 bits per heavy atom. The second-order valence-corrected chi connectivity index (χ2v) is 5.88. The van der Waals surface area contributed by atoms with Crippen molar-refractivity contribution >= 4 is 5.91 Å². The predicted molar refractivity (Wildman–Crippen MR) is 79.8 cm³/mol. The number of ether oxygens (including phenoxy) is 1. The molecule has 2 N–H and O–H groups in total. The summed E-state index contributed by atoms with van der Waals surface area (Å²) in [6.07, 6.45) is 1.73. The van der Waals surface area contributed by atoms with Crippen molar-refractivity contribution in [1.82, 2.24) is 5.32 Å². The molecule has 0 fully saturated rings. The quantitative estimate of drug-likeness (QED) is 0.718. The van der Waals surface area contributed by atoms with Gasteiger partial charge in [-0.3, -0.25) is 4.79 Å². The van der Waals surface area contributed by atoms with E-state index in [0.29, 0.717) is 12.3 Å². The van der Waals surface area contributed by atoms with Gasteiger partial charge in [0.1, 0.15) is 5.75 Å². The number of aryl methyl sites for hydroxylation is 1. The molecular weight excluding hydrogens is 254 g/mol. The van der Waals surface area contributed by atoms with Gasteiger partial charge < -0.3 is 15.2 Å². The zero-order valence-corrected chi connectivity index (χ0v) is 12.6. The van der Waals surface area contributed by atoms with Crippen LogP contribution in [0.4, 0.5) is 0 Å². The van der Waals surface area contributed by atoms with E-state index < -0.39 is 0 Å². The van der Waals surface area contributed by atoms with E-state index in [9.17, 15) is 4.79 Å². The first kappa shape index (κ1) is 16.5. The number of benzene rings is 1. The SMILES string of the molecule is Cc1cccc(OCC(=O)NCCCC(C)(C)CO)c1. The first-order chi connectivity index (χ1) is 9.43. The van der Waals surface area contributed by atoms with Crippen LogP contribution in [0.2, 0.25) is 0 Å². The maximum atomic E-state index is 11.6. The Balaban J connectivity index is 2.18. The number of aliphatic hydroxyl groups excluding tert-OH is 1. The summed E-state index contributed by atoms with van der Waals surface area (Å²) in [6, 6.07) is 7.62. The molecule has 0 aromatic heterocycles. The van der Waals surface area contributed by atoms with Gasteiger partial charge >= 0.3 is 0 Å². The molecule has 0 radical (unpaired) electrons. The summed E-state index contributed by atoms with van der Waals surface area (Å²) >= 11 is 0. The minimum Gasteiger partial charge on any atom is -0.484 e. The van der Waals surface area contributed by atoms with Crippen molar-refractivity contribution < 1.29 is 14.6 Å². The van der Waals surface area contributed by atoms with Crippen molar-refractivity contribution in [3.63, 3.8) is 0 Å². The number of hydrogen-bond donors (Lipinski definition) is 2. The van der Waals surface area contributed by atoms with Crippen molar-refractivity contribution in [2.45, 2.75) is 33.6 Å². The first-order valence-corrected chi connectivity index (χ1v) is 7.00. The molecule has 0 aliphatic rings. The van der Waals surface area contributed by atoms with Crippen molar-refractivity contribution in [3.8, 4) is 5.75 Å². The number of nitrogens with one attached hydrogen (secondary N) is 1. The molecule has 20 heavy (non-hydrogen) atoms. The zero-order valence-electron chi connectivity index (χ0n) is 12.6. The fraction of sp³-hybridized carbons (Fsp3) is 0.562. The van der Waals surface area contributed by atoms with Gasteiger partial charge in [0.15, 0.2) is 6.61 Å². The molecule has 1 aromatic rings. The second-order valence-electron chi connectivity index (χ2n) is 5.88. The van der Waals surface area contributed by atoms with E-state index >= 15 is 0 Å². The van der Waals surface area contributed by atoms with Crippen LogP contribution in [0.25, 0.3) is 0 Å². The Labute approximate surface area is 121 Å². The Hall–Kier alpha value is -1.55.